The number of hydrogen-bond donors (Lipinski definition) is 3. The maximum Gasteiger partial charge on any atom is 0.341 e. The highest BCUT2D eigenvalue weighted by atomic mass is 16.5. The second-order valence-electron chi connectivity index (χ2n) is 12.2. The van der Waals surface area contributed by atoms with Crippen LogP contribution in [0.5, 0.6) is 34.5 Å². The Labute approximate surface area is 297 Å². The Kier molecular flexibility index (Phi) is 14.6. The van der Waals surface area contributed by atoms with Crippen LogP contribution in [0, 0.1) is 0 Å². The quantitative estimate of drug-likeness (QED) is 0.0472. The Balaban J connectivity index is 2.06. The molecule has 51 heavy (non-hydrogen) atoms. The van der Waals surface area contributed by atoms with Crippen LogP contribution >= 0.6 is 0 Å². The maximum atomic E-state index is 11.6. The van der Waals surface area contributed by atoms with E-state index in [0.29, 0.717) is 69.4 Å². The molecule has 0 spiro atoms. The van der Waals surface area contributed by atoms with E-state index in [2.05, 4.69) is 20.8 Å². The minimum atomic E-state index is -1.15. The Hall–Kier alpha value is -5.13. The predicted octanol–water partition coefficient (Wildman–Crippen LogP) is 8.24. The standard InChI is InChI=1S/C39H48O12/c1-4-7-10-13-46-31-16-25-28(19-34(31)49-22-37(40)41)26-17-32(47-14-11-8-5-2)36(51-24-39(44)45)21-30(26)27-18-33(48-15-12-9-6-3)35(20-29(25)27)50-23-38(42)43/h16-21H,4-15,22-24H2,1-3H3,(H,40,41)(H,42,43)(H,44,45). The monoisotopic (exact) mass is 708 g/mol. The SMILES string of the molecule is CCCCCOc1cc2c(cc1OCC(=O)O)c1cc(OCCCCC)c(OCC(=O)O)cc1c1cc(OCCCCC)c(OCC(=O)O)cc21. The molecule has 0 aliphatic heterocycles. The van der Waals surface area contributed by atoms with Gasteiger partial charge in [-0.1, -0.05) is 59.3 Å². The molecule has 0 saturated heterocycles. The van der Waals surface area contributed by atoms with Gasteiger partial charge in [0.1, 0.15) is 0 Å². The molecule has 276 valence electrons. The predicted molar refractivity (Wildman–Crippen MR) is 193 cm³/mol. The van der Waals surface area contributed by atoms with Gasteiger partial charge in [0, 0.05) is 0 Å². The van der Waals surface area contributed by atoms with Gasteiger partial charge in [-0.25, -0.2) is 14.4 Å². The van der Waals surface area contributed by atoms with Crippen molar-refractivity contribution in [1.29, 1.82) is 0 Å². The Morgan fingerprint density at radius 2 is 0.608 bits per heavy atom. The molecule has 0 radical (unpaired) electrons. The number of unbranched alkanes of at least 4 members (excludes halogenated alkanes) is 6. The molecule has 0 aromatic heterocycles. The number of carboxylic acid groups (broad SMARTS) is 3. The zero-order valence-corrected chi connectivity index (χ0v) is 29.6. The van der Waals surface area contributed by atoms with Crippen LogP contribution in [0.1, 0.15) is 78.6 Å². The summed E-state index contributed by atoms with van der Waals surface area (Å²) in [5.41, 5.74) is 0. The maximum absolute atomic E-state index is 11.6. The van der Waals surface area contributed by atoms with Crippen molar-refractivity contribution in [2.24, 2.45) is 0 Å². The molecule has 0 amide bonds. The van der Waals surface area contributed by atoms with Crippen molar-refractivity contribution in [3.8, 4) is 34.5 Å². The van der Waals surface area contributed by atoms with Crippen molar-refractivity contribution in [2.75, 3.05) is 39.6 Å². The largest absolute Gasteiger partial charge is 0.490 e. The lowest BCUT2D eigenvalue weighted by Crippen LogP contribution is -2.11. The van der Waals surface area contributed by atoms with Crippen molar-refractivity contribution in [2.45, 2.75) is 78.6 Å². The first-order chi connectivity index (χ1) is 24.7. The molecule has 12 nitrogen and oxygen atoms in total. The summed E-state index contributed by atoms with van der Waals surface area (Å²) in [5, 5.41) is 32.4. The van der Waals surface area contributed by atoms with Crippen molar-refractivity contribution in [3.63, 3.8) is 0 Å². The summed E-state index contributed by atoms with van der Waals surface area (Å²) in [6, 6.07) is 10.5. The minimum Gasteiger partial charge on any atom is -0.490 e. The number of carbonyl (C=O) groups is 3. The molecule has 4 aromatic carbocycles. The fraction of sp³-hybridized carbons (Fsp3) is 0.462. The number of ether oxygens (including phenoxy) is 6. The zero-order chi connectivity index (χ0) is 36.8. The zero-order valence-electron chi connectivity index (χ0n) is 29.6. The number of hydrogen-bond acceptors (Lipinski definition) is 9. The normalized spacial score (nSPS) is 11.1. The van der Waals surface area contributed by atoms with E-state index in [-0.39, 0.29) is 17.2 Å². The molecule has 0 atom stereocenters. The summed E-state index contributed by atoms with van der Waals surface area (Å²) in [6.07, 6.45) is 8.18. The lowest BCUT2D eigenvalue weighted by molar-refractivity contribution is -0.140. The van der Waals surface area contributed by atoms with Crippen LogP contribution in [0.4, 0.5) is 0 Å². The van der Waals surface area contributed by atoms with Gasteiger partial charge >= 0.3 is 17.9 Å². The van der Waals surface area contributed by atoms with Gasteiger partial charge in [0.25, 0.3) is 0 Å². The summed E-state index contributed by atoms with van der Waals surface area (Å²) in [6.45, 7) is 5.64. The molecule has 0 heterocycles. The van der Waals surface area contributed by atoms with Crippen molar-refractivity contribution in [1.82, 2.24) is 0 Å². The molecular weight excluding hydrogens is 660 g/mol. The van der Waals surface area contributed by atoms with E-state index in [4.69, 9.17) is 28.4 Å². The van der Waals surface area contributed by atoms with E-state index in [1.807, 2.05) is 0 Å². The van der Waals surface area contributed by atoms with Crippen molar-refractivity contribution >= 4 is 50.2 Å². The average Bonchev–Trinajstić information content (AvgIpc) is 3.10. The van der Waals surface area contributed by atoms with Crippen molar-refractivity contribution < 1.29 is 58.1 Å². The van der Waals surface area contributed by atoms with Gasteiger partial charge in [0.05, 0.1) is 19.8 Å². The lowest BCUT2D eigenvalue weighted by atomic mass is 9.93. The third-order valence-electron chi connectivity index (χ3n) is 8.19. The van der Waals surface area contributed by atoms with Gasteiger partial charge in [0.2, 0.25) is 0 Å². The topological polar surface area (TPSA) is 167 Å². The highest BCUT2D eigenvalue weighted by Crippen LogP contribution is 2.47. The van der Waals surface area contributed by atoms with Crippen molar-refractivity contribution in [3.05, 3.63) is 36.4 Å². The van der Waals surface area contributed by atoms with Crippen LogP contribution in [-0.2, 0) is 14.4 Å². The van der Waals surface area contributed by atoms with Gasteiger partial charge in [0.15, 0.2) is 54.3 Å². The summed E-state index contributed by atoms with van der Waals surface area (Å²) >= 11 is 0. The molecule has 0 unspecified atom stereocenters. The van der Waals surface area contributed by atoms with E-state index in [1.54, 1.807) is 36.4 Å². The molecule has 3 N–H and O–H groups in total. The Morgan fingerprint density at radius 1 is 0.392 bits per heavy atom. The number of aliphatic carboxylic acids is 3. The van der Waals surface area contributed by atoms with Crippen LogP contribution in [0.15, 0.2) is 36.4 Å². The summed E-state index contributed by atoms with van der Waals surface area (Å²) < 4.78 is 35.8. The second kappa shape index (κ2) is 19.3. The Bertz CT molecular complexity index is 1580. The van der Waals surface area contributed by atoms with Crippen LogP contribution in [0.3, 0.4) is 0 Å². The fourth-order valence-corrected chi connectivity index (χ4v) is 5.71. The number of carboxylic acids is 3. The first kappa shape index (κ1) is 38.7. The molecule has 0 fully saturated rings. The Morgan fingerprint density at radius 3 is 0.804 bits per heavy atom. The van der Waals surface area contributed by atoms with Gasteiger partial charge in [-0.3, -0.25) is 0 Å². The average molecular weight is 709 g/mol. The van der Waals surface area contributed by atoms with E-state index >= 15 is 0 Å². The van der Waals surface area contributed by atoms with E-state index in [0.717, 1.165) is 57.8 Å². The highest BCUT2D eigenvalue weighted by Gasteiger charge is 2.21. The number of fused-ring (bicyclic) bond motifs is 6. The molecule has 0 aliphatic carbocycles. The van der Waals surface area contributed by atoms with E-state index < -0.39 is 37.7 Å². The first-order valence-electron chi connectivity index (χ1n) is 17.6. The second-order valence-corrected chi connectivity index (χ2v) is 12.2. The van der Waals surface area contributed by atoms with Gasteiger partial charge in [-0.15, -0.1) is 0 Å². The van der Waals surface area contributed by atoms with Gasteiger partial charge < -0.3 is 43.7 Å². The minimum absolute atomic E-state index is 0.233. The molecule has 0 bridgehead atoms. The van der Waals surface area contributed by atoms with E-state index in [9.17, 15) is 29.7 Å². The molecular formula is C39H48O12. The molecule has 4 aromatic rings. The first-order valence-corrected chi connectivity index (χ1v) is 17.6. The molecule has 12 heteroatoms. The van der Waals surface area contributed by atoms with Crippen LogP contribution < -0.4 is 28.4 Å². The number of benzene rings is 4. The third kappa shape index (κ3) is 10.7. The van der Waals surface area contributed by atoms with Gasteiger partial charge in [-0.2, -0.15) is 0 Å². The van der Waals surface area contributed by atoms with Crippen LogP contribution in [-0.4, -0.2) is 72.9 Å². The molecule has 0 aliphatic rings. The third-order valence-corrected chi connectivity index (χ3v) is 8.19. The summed E-state index contributed by atoms with van der Waals surface area (Å²) in [7, 11) is 0. The van der Waals surface area contributed by atoms with Gasteiger partial charge in [-0.05, 0) is 88.0 Å². The summed E-state index contributed by atoms with van der Waals surface area (Å²) in [5.74, 6) is -1.69. The molecule has 0 saturated carbocycles. The smallest absolute Gasteiger partial charge is 0.341 e. The fourth-order valence-electron chi connectivity index (χ4n) is 5.71. The van der Waals surface area contributed by atoms with E-state index in [1.165, 1.54) is 0 Å². The number of rotatable bonds is 24. The van der Waals surface area contributed by atoms with Crippen LogP contribution in [0.25, 0.3) is 32.3 Å². The summed E-state index contributed by atoms with van der Waals surface area (Å²) in [4.78, 5) is 34.7. The lowest BCUT2D eigenvalue weighted by Gasteiger charge is -2.20. The molecule has 4 rings (SSSR count). The van der Waals surface area contributed by atoms with Crippen LogP contribution in [0.2, 0.25) is 0 Å². The highest BCUT2D eigenvalue weighted by molar-refractivity contribution is 6.26.